The molecule has 1 unspecified atom stereocenters. The zero-order valence-electron chi connectivity index (χ0n) is 19.3. The first kappa shape index (κ1) is 22.2. The van der Waals surface area contributed by atoms with Crippen LogP contribution in [0, 0.1) is 0 Å². The van der Waals surface area contributed by atoms with E-state index < -0.39 is 0 Å². The number of likely N-dealkylation sites (N-methyl/N-ethyl adjacent to an activating group) is 1. The maximum Gasteiger partial charge on any atom is 0.138 e. The number of hydrogen-bond acceptors (Lipinski definition) is 6. The standard InChI is InChI=1S/C26H30N4OS/c1-17(2)18-6-8-19(9-7-18)22-15-32-26-24(22)25(28-16-29-26)27-14-23(30(3)4)20-10-12-21(31-5)13-11-20/h6-13,15-17,23H,14H2,1-5H3,(H,27,28,29). The highest BCUT2D eigenvalue weighted by Gasteiger charge is 2.17. The van der Waals surface area contributed by atoms with E-state index in [9.17, 15) is 0 Å². The normalized spacial score (nSPS) is 12.5. The Morgan fingerprint density at radius 3 is 2.28 bits per heavy atom. The van der Waals surface area contributed by atoms with Gasteiger partial charge in [0.25, 0.3) is 0 Å². The molecule has 32 heavy (non-hydrogen) atoms. The first-order valence-electron chi connectivity index (χ1n) is 10.8. The van der Waals surface area contributed by atoms with Gasteiger partial charge in [-0.05, 0) is 48.8 Å². The fourth-order valence-corrected chi connectivity index (χ4v) is 4.80. The van der Waals surface area contributed by atoms with Gasteiger partial charge in [-0.15, -0.1) is 11.3 Å². The van der Waals surface area contributed by atoms with Crippen LogP contribution < -0.4 is 10.1 Å². The van der Waals surface area contributed by atoms with Gasteiger partial charge in [0.05, 0.1) is 18.5 Å². The number of ether oxygens (including phenoxy) is 1. The zero-order chi connectivity index (χ0) is 22.7. The molecular weight excluding hydrogens is 416 g/mol. The van der Waals surface area contributed by atoms with Crippen LogP contribution in [-0.2, 0) is 0 Å². The van der Waals surface area contributed by atoms with Gasteiger partial charge in [0.1, 0.15) is 22.7 Å². The number of nitrogens with zero attached hydrogens (tertiary/aromatic N) is 3. The molecule has 0 spiro atoms. The van der Waals surface area contributed by atoms with Gasteiger partial charge < -0.3 is 15.0 Å². The number of hydrogen-bond donors (Lipinski definition) is 1. The summed E-state index contributed by atoms with van der Waals surface area (Å²) in [4.78, 5) is 12.3. The molecule has 2 aromatic carbocycles. The lowest BCUT2D eigenvalue weighted by atomic mass is 9.99. The van der Waals surface area contributed by atoms with Gasteiger partial charge in [0, 0.05) is 17.5 Å². The molecule has 166 valence electrons. The lowest BCUT2D eigenvalue weighted by molar-refractivity contribution is 0.311. The Kier molecular flexibility index (Phi) is 6.72. The zero-order valence-corrected chi connectivity index (χ0v) is 20.1. The predicted molar refractivity (Wildman–Crippen MR) is 135 cm³/mol. The van der Waals surface area contributed by atoms with Crippen molar-refractivity contribution >= 4 is 27.4 Å². The van der Waals surface area contributed by atoms with E-state index in [1.54, 1.807) is 24.8 Å². The molecule has 0 amide bonds. The van der Waals surface area contributed by atoms with Crippen molar-refractivity contribution in [2.24, 2.45) is 0 Å². The Hall–Kier alpha value is -2.96. The van der Waals surface area contributed by atoms with Gasteiger partial charge in [0.15, 0.2) is 0 Å². The quantitative estimate of drug-likeness (QED) is 0.349. The summed E-state index contributed by atoms with van der Waals surface area (Å²) in [5.41, 5.74) is 4.94. The third-order valence-corrected chi connectivity index (χ3v) is 6.73. The third-order valence-electron chi connectivity index (χ3n) is 5.85. The third kappa shape index (κ3) is 4.61. The summed E-state index contributed by atoms with van der Waals surface area (Å²) in [5, 5.41) is 6.87. The molecule has 4 aromatic rings. The average Bonchev–Trinajstić information content (AvgIpc) is 3.24. The fraction of sp³-hybridized carbons (Fsp3) is 0.308. The Labute approximate surface area is 194 Å². The first-order chi connectivity index (χ1) is 15.5. The second kappa shape index (κ2) is 9.67. The molecule has 0 saturated heterocycles. The summed E-state index contributed by atoms with van der Waals surface area (Å²) in [7, 11) is 5.88. The highest BCUT2D eigenvalue weighted by atomic mass is 32.1. The van der Waals surface area contributed by atoms with Crippen LogP contribution in [0.25, 0.3) is 21.3 Å². The molecule has 1 N–H and O–H groups in total. The maximum atomic E-state index is 5.31. The average molecular weight is 447 g/mol. The highest BCUT2D eigenvalue weighted by molar-refractivity contribution is 7.17. The minimum Gasteiger partial charge on any atom is -0.497 e. The van der Waals surface area contributed by atoms with Crippen LogP contribution in [0.3, 0.4) is 0 Å². The van der Waals surface area contributed by atoms with Crippen LogP contribution in [0.5, 0.6) is 5.75 Å². The number of rotatable bonds is 8. The topological polar surface area (TPSA) is 50.3 Å². The number of anilines is 1. The number of benzene rings is 2. The fourth-order valence-electron chi connectivity index (χ4n) is 3.89. The van der Waals surface area contributed by atoms with E-state index >= 15 is 0 Å². The molecule has 0 aliphatic carbocycles. The van der Waals surface area contributed by atoms with Gasteiger partial charge in [-0.1, -0.05) is 50.2 Å². The molecule has 0 aliphatic heterocycles. The van der Waals surface area contributed by atoms with Gasteiger partial charge in [0.2, 0.25) is 0 Å². The van der Waals surface area contributed by atoms with Crippen molar-refractivity contribution in [1.82, 2.24) is 14.9 Å². The van der Waals surface area contributed by atoms with E-state index in [0.717, 1.165) is 28.3 Å². The lowest BCUT2D eigenvalue weighted by Crippen LogP contribution is -2.27. The summed E-state index contributed by atoms with van der Waals surface area (Å²) < 4.78 is 5.31. The Balaban J connectivity index is 1.63. The predicted octanol–water partition coefficient (Wildman–Crippen LogP) is 6.21. The maximum absolute atomic E-state index is 5.31. The van der Waals surface area contributed by atoms with E-state index in [-0.39, 0.29) is 6.04 Å². The molecule has 0 saturated carbocycles. The molecule has 2 aromatic heterocycles. The number of thiophene rings is 1. The van der Waals surface area contributed by atoms with Gasteiger partial charge in [-0.3, -0.25) is 0 Å². The molecule has 0 fully saturated rings. The van der Waals surface area contributed by atoms with Crippen molar-refractivity contribution < 1.29 is 4.74 Å². The number of nitrogens with one attached hydrogen (secondary N) is 1. The van der Waals surface area contributed by atoms with Crippen LogP contribution in [0.2, 0.25) is 0 Å². The van der Waals surface area contributed by atoms with Crippen molar-refractivity contribution in [3.63, 3.8) is 0 Å². The summed E-state index contributed by atoms with van der Waals surface area (Å²) >= 11 is 1.66. The molecule has 0 aliphatic rings. The van der Waals surface area contributed by atoms with Crippen LogP contribution in [0.15, 0.2) is 60.2 Å². The van der Waals surface area contributed by atoms with E-state index in [4.69, 9.17) is 4.74 Å². The van der Waals surface area contributed by atoms with Crippen LogP contribution in [0.1, 0.15) is 36.9 Å². The number of aromatic nitrogens is 2. The van der Waals surface area contributed by atoms with Crippen molar-refractivity contribution in [3.8, 4) is 16.9 Å². The van der Waals surface area contributed by atoms with Crippen molar-refractivity contribution in [1.29, 1.82) is 0 Å². The molecule has 1 atom stereocenters. The molecule has 2 heterocycles. The Bertz CT molecular complexity index is 1170. The van der Waals surface area contributed by atoms with Crippen LogP contribution >= 0.6 is 11.3 Å². The number of fused-ring (bicyclic) bond motifs is 1. The summed E-state index contributed by atoms with van der Waals surface area (Å²) in [6, 6.07) is 17.3. The van der Waals surface area contributed by atoms with Gasteiger partial charge >= 0.3 is 0 Å². The van der Waals surface area contributed by atoms with Crippen molar-refractivity contribution in [3.05, 3.63) is 71.4 Å². The molecule has 4 rings (SSSR count). The van der Waals surface area contributed by atoms with E-state index in [2.05, 4.69) is 89.9 Å². The van der Waals surface area contributed by atoms with E-state index in [1.807, 2.05) is 12.1 Å². The summed E-state index contributed by atoms with van der Waals surface area (Å²) in [6.07, 6.45) is 1.64. The molecule has 6 heteroatoms. The lowest BCUT2D eigenvalue weighted by Gasteiger charge is -2.25. The molecule has 0 radical (unpaired) electrons. The molecule has 5 nitrogen and oxygen atoms in total. The molecule has 0 bridgehead atoms. The number of methoxy groups -OCH3 is 1. The van der Waals surface area contributed by atoms with Crippen LogP contribution in [-0.4, -0.2) is 42.6 Å². The smallest absolute Gasteiger partial charge is 0.138 e. The minimum atomic E-state index is 0.193. The minimum absolute atomic E-state index is 0.193. The SMILES string of the molecule is COc1ccc(C(CNc2ncnc3scc(-c4ccc(C(C)C)cc4)c23)N(C)C)cc1. The highest BCUT2D eigenvalue weighted by Crippen LogP contribution is 2.37. The first-order valence-corrected chi connectivity index (χ1v) is 11.7. The molecular formula is C26H30N4OS. The van der Waals surface area contributed by atoms with Crippen molar-refractivity contribution in [2.75, 3.05) is 33.1 Å². The second-order valence-electron chi connectivity index (χ2n) is 8.46. The van der Waals surface area contributed by atoms with E-state index in [1.165, 1.54) is 22.3 Å². The second-order valence-corrected chi connectivity index (χ2v) is 9.32. The summed E-state index contributed by atoms with van der Waals surface area (Å²) in [5.74, 6) is 2.26. The summed E-state index contributed by atoms with van der Waals surface area (Å²) in [6.45, 7) is 5.16. The monoisotopic (exact) mass is 446 g/mol. The van der Waals surface area contributed by atoms with E-state index in [0.29, 0.717) is 5.92 Å². The van der Waals surface area contributed by atoms with Gasteiger partial charge in [-0.2, -0.15) is 0 Å². The Morgan fingerprint density at radius 1 is 0.969 bits per heavy atom. The van der Waals surface area contributed by atoms with Crippen LogP contribution in [0.4, 0.5) is 5.82 Å². The van der Waals surface area contributed by atoms with Crippen molar-refractivity contribution in [2.45, 2.75) is 25.8 Å². The largest absolute Gasteiger partial charge is 0.497 e. The Morgan fingerprint density at radius 2 is 1.66 bits per heavy atom. The van der Waals surface area contributed by atoms with Gasteiger partial charge in [-0.25, -0.2) is 9.97 Å².